The van der Waals surface area contributed by atoms with Gasteiger partial charge in [-0.25, -0.2) is 0 Å². The molecule has 0 bridgehead atoms. The van der Waals surface area contributed by atoms with Crippen LogP contribution >= 0.6 is 0 Å². The van der Waals surface area contributed by atoms with Gasteiger partial charge in [-0.05, 0) is 19.8 Å². The lowest BCUT2D eigenvalue weighted by molar-refractivity contribution is -0.147. The molecule has 2 fully saturated rings. The molecule has 0 spiro atoms. The van der Waals surface area contributed by atoms with E-state index in [-0.39, 0.29) is 5.54 Å². The largest absolute Gasteiger partial charge is 0.381 e. The Balaban J connectivity index is 1.88. The van der Waals surface area contributed by atoms with E-state index in [4.69, 9.17) is 4.74 Å². The number of amides is 2. The van der Waals surface area contributed by atoms with Crippen LogP contribution in [0.2, 0.25) is 0 Å². The number of carbonyl (C=O) groups excluding carboxylic acids is 2. The molecule has 18 heavy (non-hydrogen) atoms. The number of carbonyl (C=O) groups is 2. The molecule has 2 aliphatic rings. The van der Waals surface area contributed by atoms with Crippen LogP contribution in [-0.4, -0.2) is 61.6 Å². The van der Waals surface area contributed by atoms with Crippen LogP contribution < -0.4 is 10.6 Å². The average molecular weight is 255 g/mol. The van der Waals surface area contributed by atoms with E-state index < -0.39 is 11.8 Å². The van der Waals surface area contributed by atoms with Crippen molar-refractivity contribution in [3.63, 3.8) is 0 Å². The van der Waals surface area contributed by atoms with Gasteiger partial charge in [0, 0.05) is 44.9 Å². The van der Waals surface area contributed by atoms with Crippen molar-refractivity contribution >= 4 is 11.8 Å². The van der Waals surface area contributed by atoms with E-state index in [1.54, 1.807) is 4.90 Å². The van der Waals surface area contributed by atoms with Crippen molar-refractivity contribution in [2.45, 2.75) is 25.3 Å². The summed E-state index contributed by atoms with van der Waals surface area (Å²) in [5, 5.41) is 6.02. The predicted octanol–water partition coefficient (Wildman–Crippen LogP) is -0.896. The van der Waals surface area contributed by atoms with Gasteiger partial charge < -0.3 is 20.3 Å². The van der Waals surface area contributed by atoms with Crippen molar-refractivity contribution in [1.29, 1.82) is 0 Å². The molecule has 6 heteroatoms. The van der Waals surface area contributed by atoms with Crippen molar-refractivity contribution in [3.05, 3.63) is 0 Å². The average Bonchev–Trinajstić information content (AvgIpc) is 2.39. The van der Waals surface area contributed by atoms with Gasteiger partial charge in [0.25, 0.3) is 0 Å². The van der Waals surface area contributed by atoms with E-state index >= 15 is 0 Å². The summed E-state index contributed by atoms with van der Waals surface area (Å²) < 4.78 is 5.27. The fraction of sp³-hybridized carbons (Fsp3) is 0.833. The van der Waals surface area contributed by atoms with Crippen LogP contribution in [0.3, 0.4) is 0 Å². The Morgan fingerprint density at radius 3 is 2.44 bits per heavy atom. The lowest BCUT2D eigenvalue weighted by Gasteiger charge is -2.35. The zero-order valence-electron chi connectivity index (χ0n) is 10.8. The molecule has 0 aromatic heterocycles. The Bertz CT molecular complexity index is 321. The van der Waals surface area contributed by atoms with Crippen LogP contribution in [0.25, 0.3) is 0 Å². The monoisotopic (exact) mass is 255 g/mol. The Morgan fingerprint density at radius 1 is 1.22 bits per heavy atom. The Kier molecular flexibility index (Phi) is 4.19. The van der Waals surface area contributed by atoms with Gasteiger partial charge in [-0.15, -0.1) is 0 Å². The molecule has 2 saturated heterocycles. The summed E-state index contributed by atoms with van der Waals surface area (Å²) >= 11 is 0. The van der Waals surface area contributed by atoms with Crippen molar-refractivity contribution in [1.82, 2.24) is 15.5 Å². The number of hydrogen-bond acceptors (Lipinski definition) is 4. The maximum absolute atomic E-state index is 12.0. The quantitative estimate of drug-likeness (QED) is 0.596. The van der Waals surface area contributed by atoms with Crippen molar-refractivity contribution in [2.75, 3.05) is 39.4 Å². The molecular formula is C12H21N3O3. The molecule has 2 amide bonds. The summed E-state index contributed by atoms with van der Waals surface area (Å²) in [6, 6.07) is 0. The second kappa shape index (κ2) is 5.67. The second-order valence-corrected chi connectivity index (χ2v) is 5.17. The molecule has 0 saturated carbocycles. The van der Waals surface area contributed by atoms with Gasteiger partial charge >= 0.3 is 11.8 Å². The van der Waals surface area contributed by atoms with E-state index in [0.717, 1.165) is 25.9 Å². The number of nitrogens with one attached hydrogen (secondary N) is 2. The second-order valence-electron chi connectivity index (χ2n) is 5.17. The van der Waals surface area contributed by atoms with E-state index in [1.807, 2.05) is 6.92 Å². The zero-order chi connectivity index (χ0) is 13.0. The molecule has 0 aromatic rings. The molecule has 2 heterocycles. The minimum absolute atomic E-state index is 0.307. The molecule has 2 aliphatic heterocycles. The Labute approximate surface area is 107 Å². The smallest absolute Gasteiger partial charge is 0.311 e. The minimum atomic E-state index is -0.485. The standard InChI is InChI=1S/C12H21N3O3/c1-12(2-8-18-9-3-12)14-10(16)11(17)15-6-4-13-5-7-15/h13H,2-9H2,1H3,(H,14,16). The Hall–Kier alpha value is -1.14. The van der Waals surface area contributed by atoms with Crippen LogP contribution in [0.15, 0.2) is 0 Å². The van der Waals surface area contributed by atoms with Crippen LogP contribution in [-0.2, 0) is 14.3 Å². The van der Waals surface area contributed by atoms with Crippen molar-refractivity contribution in [3.8, 4) is 0 Å². The highest BCUT2D eigenvalue weighted by atomic mass is 16.5. The molecule has 102 valence electrons. The summed E-state index contributed by atoms with van der Waals surface area (Å²) in [6.45, 7) is 5.96. The molecule has 0 unspecified atom stereocenters. The van der Waals surface area contributed by atoms with Crippen molar-refractivity contribution in [2.24, 2.45) is 0 Å². The molecule has 2 N–H and O–H groups in total. The lowest BCUT2D eigenvalue weighted by Crippen LogP contribution is -2.56. The maximum Gasteiger partial charge on any atom is 0.311 e. The third-order valence-corrected chi connectivity index (χ3v) is 3.61. The summed E-state index contributed by atoms with van der Waals surface area (Å²) in [7, 11) is 0. The first-order valence-corrected chi connectivity index (χ1v) is 6.51. The predicted molar refractivity (Wildman–Crippen MR) is 66.1 cm³/mol. The number of hydrogen-bond donors (Lipinski definition) is 2. The maximum atomic E-state index is 12.0. The first-order chi connectivity index (χ1) is 8.61. The molecule has 0 radical (unpaired) electrons. The highest BCUT2D eigenvalue weighted by Gasteiger charge is 2.32. The van der Waals surface area contributed by atoms with Crippen LogP contribution in [0.1, 0.15) is 19.8 Å². The third kappa shape index (κ3) is 3.20. The van der Waals surface area contributed by atoms with E-state index in [0.29, 0.717) is 26.3 Å². The van der Waals surface area contributed by atoms with E-state index in [2.05, 4.69) is 10.6 Å². The first-order valence-electron chi connectivity index (χ1n) is 6.51. The molecular weight excluding hydrogens is 234 g/mol. The van der Waals surface area contributed by atoms with Crippen LogP contribution in [0.4, 0.5) is 0 Å². The summed E-state index contributed by atoms with van der Waals surface area (Å²) in [4.78, 5) is 25.5. The van der Waals surface area contributed by atoms with Gasteiger partial charge in [0.2, 0.25) is 0 Å². The SMILES string of the molecule is CC1(NC(=O)C(=O)N2CCNCC2)CCOCC1. The van der Waals surface area contributed by atoms with Gasteiger partial charge in [-0.1, -0.05) is 0 Å². The minimum Gasteiger partial charge on any atom is -0.381 e. The molecule has 0 atom stereocenters. The molecule has 0 aromatic carbocycles. The third-order valence-electron chi connectivity index (χ3n) is 3.61. The molecule has 0 aliphatic carbocycles. The summed E-state index contributed by atoms with van der Waals surface area (Å²) in [5.74, 6) is -0.898. The van der Waals surface area contributed by atoms with Gasteiger partial charge in [0.05, 0.1) is 0 Å². The fourth-order valence-corrected chi connectivity index (χ4v) is 2.29. The first kappa shape index (κ1) is 13.3. The van der Waals surface area contributed by atoms with E-state index in [1.165, 1.54) is 0 Å². The van der Waals surface area contributed by atoms with E-state index in [9.17, 15) is 9.59 Å². The number of rotatable bonds is 1. The highest BCUT2D eigenvalue weighted by Crippen LogP contribution is 2.19. The van der Waals surface area contributed by atoms with Crippen molar-refractivity contribution < 1.29 is 14.3 Å². The number of piperazine rings is 1. The molecule has 2 rings (SSSR count). The highest BCUT2D eigenvalue weighted by molar-refractivity contribution is 6.35. The van der Waals surface area contributed by atoms with Gasteiger partial charge in [0.1, 0.15) is 0 Å². The summed E-state index contributed by atoms with van der Waals surface area (Å²) in [5.41, 5.74) is -0.307. The van der Waals surface area contributed by atoms with Gasteiger partial charge in [0.15, 0.2) is 0 Å². The topological polar surface area (TPSA) is 70.7 Å². The zero-order valence-corrected chi connectivity index (χ0v) is 10.8. The fourth-order valence-electron chi connectivity index (χ4n) is 2.29. The summed E-state index contributed by atoms with van der Waals surface area (Å²) in [6.07, 6.45) is 1.52. The van der Waals surface area contributed by atoms with Crippen LogP contribution in [0, 0.1) is 0 Å². The van der Waals surface area contributed by atoms with Gasteiger partial charge in [-0.2, -0.15) is 0 Å². The number of ether oxygens (including phenoxy) is 1. The van der Waals surface area contributed by atoms with Crippen LogP contribution in [0.5, 0.6) is 0 Å². The number of nitrogens with zero attached hydrogens (tertiary/aromatic N) is 1. The Morgan fingerprint density at radius 2 is 1.83 bits per heavy atom. The van der Waals surface area contributed by atoms with Gasteiger partial charge in [-0.3, -0.25) is 9.59 Å². The normalized spacial score (nSPS) is 23.5. The molecule has 6 nitrogen and oxygen atoms in total. The lowest BCUT2D eigenvalue weighted by atomic mass is 9.92.